The Morgan fingerprint density at radius 1 is 1.06 bits per heavy atom. The molecule has 12 heteroatoms. The number of benzene rings is 1. The molecule has 4 rings (SSSR count). The molecule has 0 N–H and O–H groups in total. The van der Waals surface area contributed by atoms with Crippen LogP contribution in [0.2, 0.25) is 10.0 Å². The standard InChI is InChI=1S/C20H19Cl2N5O4S/c21-15-1-2-16(22)17(13-15)32(29,30)27-11-9-26(10-12-27)19(28)4-3-18-24-20(25-31-18)14-5-7-23-8-6-14/h1-2,5-8,13H,3-4,9-12H2. The van der Waals surface area contributed by atoms with Gasteiger partial charge in [0.1, 0.15) is 4.90 Å². The van der Waals surface area contributed by atoms with Crippen LogP contribution in [0, 0.1) is 0 Å². The van der Waals surface area contributed by atoms with Crippen LogP contribution in [0.4, 0.5) is 0 Å². The lowest BCUT2D eigenvalue weighted by molar-refractivity contribution is -0.132. The summed E-state index contributed by atoms with van der Waals surface area (Å²) in [6, 6.07) is 7.85. The highest BCUT2D eigenvalue weighted by atomic mass is 35.5. The molecular formula is C20H19Cl2N5O4S. The summed E-state index contributed by atoms with van der Waals surface area (Å²) in [7, 11) is -3.80. The van der Waals surface area contributed by atoms with E-state index in [0.29, 0.717) is 18.1 Å². The summed E-state index contributed by atoms with van der Waals surface area (Å²) in [5.74, 6) is 0.696. The molecule has 2 aromatic heterocycles. The first-order valence-electron chi connectivity index (χ1n) is 9.80. The van der Waals surface area contributed by atoms with Gasteiger partial charge < -0.3 is 9.42 Å². The average molecular weight is 496 g/mol. The van der Waals surface area contributed by atoms with Gasteiger partial charge in [-0.05, 0) is 30.3 Å². The van der Waals surface area contributed by atoms with Crippen molar-refractivity contribution in [1.29, 1.82) is 0 Å². The Kier molecular flexibility index (Phi) is 6.75. The van der Waals surface area contributed by atoms with Crippen molar-refractivity contribution in [2.24, 2.45) is 0 Å². The minimum atomic E-state index is -3.80. The van der Waals surface area contributed by atoms with Crippen LogP contribution < -0.4 is 0 Å². The molecule has 1 aliphatic rings. The lowest BCUT2D eigenvalue weighted by Crippen LogP contribution is -2.50. The number of nitrogens with zero attached hydrogens (tertiary/aromatic N) is 5. The summed E-state index contributed by atoms with van der Waals surface area (Å²) >= 11 is 12.0. The minimum absolute atomic E-state index is 0.0344. The summed E-state index contributed by atoms with van der Waals surface area (Å²) in [5.41, 5.74) is 0.776. The van der Waals surface area contributed by atoms with Crippen molar-refractivity contribution in [1.82, 2.24) is 24.3 Å². The van der Waals surface area contributed by atoms with Gasteiger partial charge in [-0.15, -0.1) is 0 Å². The Balaban J connectivity index is 1.32. The maximum absolute atomic E-state index is 12.9. The first kappa shape index (κ1) is 22.7. The number of piperazine rings is 1. The second-order valence-electron chi connectivity index (χ2n) is 7.11. The summed E-state index contributed by atoms with van der Waals surface area (Å²) < 4.78 is 32.4. The van der Waals surface area contributed by atoms with Crippen LogP contribution >= 0.6 is 23.2 Å². The highest BCUT2D eigenvalue weighted by Crippen LogP contribution is 2.28. The Hall–Kier alpha value is -2.53. The quantitative estimate of drug-likeness (QED) is 0.516. The number of pyridine rings is 1. The van der Waals surface area contributed by atoms with Gasteiger partial charge in [-0.1, -0.05) is 28.4 Å². The maximum Gasteiger partial charge on any atom is 0.244 e. The van der Waals surface area contributed by atoms with Crippen LogP contribution in [0.25, 0.3) is 11.4 Å². The lowest BCUT2D eigenvalue weighted by atomic mass is 10.2. The molecule has 168 valence electrons. The van der Waals surface area contributed by atoms with Crippen LogP contribution in [0.1, 0.15) is 12.3 Å². The van der Waals surface area contributed by atoms with Gasteiger partial charge in [-0.2, -0.15) is 9.29 Å². The van der Waals surface area contributed by atoms with Crippen LogP contribution in [-0.2, 0) is 21.2 Å². The summed E-state index contributed by atoms with van der Waals surface area (Å²) in [6.07, 6.45) is 3.75. The monoisotopic (exact) mass is 495 g/mol. The predicted molar refractivity (Wildman–Crippen MR) is 118 cm³/mol. The molecule has 3 heterocycles. The molecule has 0 unspecified atom stereocenters. The molecule has 32 heavy (non-hydrogen) atoms. The molecule has 0 atom stereocenters. The number of carbonyl (C=O) groups excluding carboxylic acids is 1. The van der Waals surface area contributed by atoms with E-state index in [1.165, 1.54) is 22.5 Å². The zero-order valence-corrected chi connectivity index (χ0v) is 19.1. The molecule has 1 amide bonds. The Morgan fingerprint density at radius 2 is 1.78 bits per heavy atom. The Labute approximate surface area is 195 Å². The van der Waals surface area contributed by atoms with Gasteiger partial charge in [-0.3, -0.25) is 9.78 Å². The number of rotatable bonds is 6. The second kappa shape index (κ2) is 9.53. The fourth-order valence-electron chi connectivity index (χ4n) is 3.34. The van der Waals surface area contributed by atoms with E-state index in [2.05, 4.69) is 15.1 Å². The molecular weight excluding hydrogens is 477 g/mol. The van der Waals surface area contributed by atoms with Crippen molar-refractivity contribution in [3.63, 3.8) is 0 Å². The van der Waals surface area contributed by atoms with E-state index < -0.39 is 10.0 Å². The van der Waals surface area contributed by atoms with Gasteiger partial charge in [0.15, 0.2) is 0 Å². The van der Waals surface area contributed by atoms with Crippen LogP contribution in [0.5, 0.6) is 0 Å². The largest absolute Gasteiger partial charge is 0.340 e. The molecule has 1 saturated heterocycles. The summed E-state index contributed by atoms with van der Waals surface area (Å²) in [5, 5.41) is 4.32. The van der Waals surface area contributed by atoms with Crippen molar-refractivity contribution < 1.29 is 17.7 Å². The van der Waals surface area contributed by atoms with Gasteiger partial charge >= 0.3 is 0 Å². The van der Waals surface area contributed by atoms with E-state index in [9.17, 15) is 13.2 Å². The van der Waals surface area contributed by atoms with Gasteiger partial charge in [0, 0.05) is 62.0 Å². The Morgan fingerprint density at radius 3 is 2.50 bits per heavy atom. The first-order valence-corrected chi connectivity index (χ1v) is 12.0. The van der Waals surface area contributed by atoms with Crippen LogP contribution in [0.15, 0.2) is 52.1 Å². The zero-order valence-electron chi connectivity index (χ0n) is 16.8. The Bertz CT molecular complexity index is 1210. The number of halogens is 2. The number of carbonyl (C=O) groups is 1. The normalized spacial score (nSPS) is 15.1. The first-order chi connectivity index (χ1) is 15.3. The zero-order chi connectivity index (χ0) is 22.7. The van der Waals surface area contributed by atoms with Crippen molar-refractivity contribution in [3.05, 3.63) is 58.7 Å². The number of hydrogen-bond acceptors (Lipinski definition) is 7. The van der Waals surface area contributed by atoms with E-state index in [-0.39, 0.29) is 53.4 Å². The van der Waals surface area contributed by atoms with E-state index >= 15 is 0 Å². The number of amides is 1. The van der Waals surface area contributed by atoms with Crippen molar-refractivity contribution >= 4 is 39.1 Å². The summed E-state index contributed by atoms with van der Waals surface area (Å²) in [6.45, 7) is 0.901. The molecule has 0 spiro atoms. The molecule has 0 aliphatic carbocycles. The molecule has 1 aromatic carbocycles. The van der Waals surface area contributed by atoms with Gasteiger partial charge in [-0.25, -0.2) is 8.42 Å². The third-order valence-corrected chi connectivity index (χ3v) is 7.68. The summed E-state index contributed by atoms with van der Waals surface area (Å²) in [4.78, 5) is 22.4. The highest BCUT2D eigenvalue weighted by molar-refractivity contribution is 7.89. The topological polar surface area (TPSA) is 109 Å². The van der Waals surface area contributed by atoms with E-state index in [1.807, 2.05) is 0 Å². The fraction of sp³-hybridized carbons (Fsp3) is 0.300. The molecule has 0 saturated carbocycles. The van der Waals surface area contributed by atoms with Crippen molar-refractivity contribution in [3.8, 4) is 11.4 Å². The lowest BCUT2D eigenvalue weighted by Gasteiger charge is -2.34. The molecule has 0 radical (unpaired) electrons. The fourth-order valence-corrected chi connectivity index (χ4v) is 5.50. The molecule has 9 nitrogen and oxygen atoms in total. The van der Waals surface area contributed by atoms with Crippen molar-refractivity contribution in [2.75, 3.05) is 26.2 Å². The number of sulfonamides is 1. The smallest absolute Gasteiger partial charge is 0.244 e. The molecule has 0 bridgehead atoms. The predicted octanol–water partition coefficient (Wildman–Crippen LogP) is 2.90. The number of aromatic nitrogens is 3. The van der Waals surface area contributed by atoms with Crippen molar-refractivity contribution in [2.45, 2.75) is 17.7 Å². The highest BCUT2D eigenvalue weighted by Gasteiger charge is 2.31. The van der Waals surface area contributed by atoms with Gasteiger partial charge in [0.25, 0.3) is 0 Å². The second-order valence-corrected chi connectivity index (χ2v) is 9.86. The number of hydrogen-bond donors (Lipinski definition) is 0. The minimum Gasteiger partial charge on any atom is -0.340 e. The third kappa shape index (κ3) is 4.93. The van der Waals surface area contributed by atoms with Crippen LogP contribution in [0.3, 0.4) is 0 Å². The van der Waals surface area contributed by atoms with E-state index in [4.69, 9.17) is 27.7 Å². The van der Waals surface area contributed by atoms with Gasteiger partial charge in [0.2, 0.25) is 27.6 Å². The van der Waals surface area contributed by atoms with Crippen LogP contribution in [-0.4, -0.2) is 64.8 Å². The average Bonchev–Trinajstić information content (AvgIpc) is 3.29. The van der Waals surface area contributed by atoms with Gasteiger partial charge in [0.05, 0.1) is 5.02 Å². The maximum atomic E-state index is 12.9. The third-order valence-electron chi connectivity index (χ3n) is 5.06. The molecule has 1 fully saturated rings. The number of aryl methyl sites for hydroxylation is 1. The SMILES string of the molecule is O=C(CCc1nc(-c2ccncc2)no1)N1CCN(S(=O)(=O)c2cc(Cl)ccc2Cl)CC1. The van der Waals surface area contributed by atoms with E-state index in [0.717, 1.165) is 5.56 Å². The molecule has 1 aliphatic heterocycles. The van der Waals surface area contributed by atoms with E-state index in [1.54, 1.807) is 29.4 Å². The molecule has 3 aromatic rings.